The quantitative estimate of drug-likeness (QED) is 0.598. The van der Waals surface area contributed by atoms with E-state index in [1.165, 1.54) is 12.8 Å². The first-order valence-electron chi connectivity index (χ1n) is 7.60. The van der Waals surface area contributed by atoms with Crippen LogP contribution in [-0.4, -0.2) is 50.3 Å². The summed E-state index contributed by atoms with van der Waals surface area (Å²) in [5.41, 5.74) is 0. The summed E-state index contributed by atoms with van der Waals surface area (Å²) in [6, 6.07) is 0. The molecule has 0 bridgehead atoms. The van der Waals surface area contributed by atoms with Gasteiger partial charge in [0.25, 0.3) is 0 Å². The maximum Gasteiger partial charge on any atom is 0.490 e. The van der Waals surface area contributed by atoms with Gasteiger partial charge in [0, 0.05) is 19.7 Å². The highest BCUT2D eigenvalue weighted by Gasteiger charge is 2.38. The minimum atomic E-state index is -5.08. The number of carboxylic acids is 1. The summed E-state index contributed by atoms with van der Waals surface area (Å²) in [7, 11) is -1.55. The summed E-state index contributed by atoms with van der Waals surface area (Å²) in [5.74, 6) is 3.71. The smallest absolute Gasteiger partial charge is 0.475 e. The van der Waals surface area contributed by atoms with Gasteiger partial charge in [-0.15, -0.1) is 0 Å². The van der Waals surface area contributed by atoms with Crippen LogP contribution in [-0.2, 0) is 9.22 Å². The average Bonchev–Trinajstić information content (AvgIpc) is 2.36. The summed E-state index contributed by atoms with van der Waals surface area (Å²) < 4.78 is 38.0. The first-order chi connectivity index (χ1) is 10.2. The number of carboxylic acid groups (broad SMARTS) is 1. The molecule has 0 atom stereocenters. The Morgan fingerprint density at radius 2 is 1.65 bits per heavy atom. The number of rotatable bonds is 3. The number of hydrazine groups is 1. The van der Waals surface area contributed by atoms with Crippen LogP contribution >= 0.6 is 0 Å². The van der Waals surface area contributed by atoms with Gasteiger partial charge in [0.2, 0.25) is 0 Å². The second-order valence-electron chi connectivity index (χ2n) is 7.35. The Morgan fingerprint density at radius 1 is 1.26 bits per heavy atom. The van der Waals surface area contributed by atoms with E-state index in [0.717, 1.165) is 19.7 Å². The van der Waals surface area contributed by atoms with Crippen molar-refractivity contribution in [1.29, 1.82) is 0 Å². The minimum absolute atomic E-state index is 0.321. The molecule has 0 aliphatic carbocycles. The summed E-state index contributed by atoms with van der Waals surface area (Å²) >= 11 is 0. The Labute approximate surface area is 137 Å². The monoisotopic (exact) mass is 358 g/mol. The fraction of sp³-hybridized carbons (Fsp3) is 0.929. The Bertz CT molecular complexity index is 376. The summed E-state index contributed by atoms with van der Waals surface area (Å²) in [6.07, 6.45) is -2.71. The van der Waals surface area contributed by atoms with Crippen LogP contribution in [0.5, 0.6) is 0 Å². The van der Waals surface area contributed by atoms with Gasteiger partial charge < -0.3 is 9.53 Å². The van der Waals surface area contributed by atoms with Crippen LogP contribution in [0.15, 0.2) is 0 Å². The van der Waals surface area contributed by atoms with Crippen molar-refractivity contribution in [2.24, 2.45) is 11.8 Å². The molecule has 3 N–H and O–H groups in total. The lowest BCUT2D eigenvalue weighted by molar-refractivity contribution is -0.192. The third-order valence-corrected chi connectivity index (χ3v) is 8.88. The second-order valence-corrected chi connectivity index (χ2v) is 12.2. The minimum Gasteiger partial charge on any atom is -0.475 e. The molecule has 0 radical (unpaired) electrons. The van der Waals surface area contributed by atoms with Crippen molar-refractivity contribution < 1.29 is 27.5 Å². The van der Waals surface area contributed by atoms with Gasteiger partial charge in [0.15, 0.2) is 8.32 Å². The molecule has 0 aromatic heterocycles. The van der Waals surface area contributed by atoms with E-state index in [2.05, 4.69) is 33.9 Å². The van der Waals surface area contributed by atoms with E-state index >= 15 is 0 Å². The molecule has 1 aliphatic rings. The van der Waals surface area contributed by atoms with Crippen molar-refractivity contribution in [1.82, 2.24) is 5.01 Å². The fourth-order valence-electron chi connectivity index (χ4n) is 1.66. The van der Waals surface area contributed by atoms with Gasteiger partial charge in [-0.1, -0.05) is 20.8 Å². The molecule has 1 fully saturated rings. The third-order valence-electron chi connectivity index (χ3n) is 4.38. The van der Waals surface area contributed by atoms with Gasteiger partial charge in [0.1, 0.15) is 0 Å². The lowest BCUT2D eigenvalue weighted by atomic mass is 9.99. The zero-order chi connectivity index (χ0) is 18.5. The summed E-state index contributed by atoms with van der Waals surface area (Å²) in [6.45, 7) is 14.5. The number of carbonyl (C=O) groups is 1. The molecule has 0 aromatic carbocycles. The van der Waals surface area contributed by atoms with Crippen molar-refractivity contribution in [3.8, 4) is 0 Å². The molecular formula is C14H29F3N2O3Si. The zero-order valence-corrected chi connectivity index (χ0v) is 15.5. The van der Waals surface area contributed by atoms with Gasteiger partial charge in [-0.25, -0.2) is 9.80 Å². The predicted octanol–water partition coefficient (Wildman–Crippen LogP) is 3.23. The topological polar surface area (TPSA) is 75.8 Å². The van der Waals surface area contributed by atoms with E-state index in [-0.39, 0.29) is 0 Å². The molecule has 0 spiro atoms. The Hall–Kier alpha value is -0.643. The molecule has 1 saturated heterocycles. The standard InChI is InChI=1S/C12H28N2OSi.C2HF3O2/c1-12(2,3)16(4,5)15-10-11-6-8-14(13)9-7-11;3-2(4,5)1(6)7/h11H,6-10,13H2,1-5H3;(H,6,7). The first kappa shape index (κ1) is 22.4. The maximum atomic E-state index is 10.6. The van der Waals surface area contributed by atoms with Gasteiger partial charge in [-0.2, -0.15) is 13.2 Å². The maximum absolute atomic E-state index is 10.6. The number of alkyl halides is 3. The van der Waals surface area contributed by atoms with E-state index in [4.69, 9.17) is 20.2 Å². The Morgan fingerprint density at radius 3 is 1.96 bits per heavy atom. The predicted molar refractivity (Wildman–Crippen MR) is 85.3 cm³/mol. The van der Waals surface area contributed by atoms with E-state index in [9.17, 15) is 13.2 Å². The molecule has 9 heteroatoms. The molecule has 0 unspecified atom stereocenters. The van der Waals surface area contributed by atoms with Crippen LogP contribution in [0.3, 0.4) is 0 Å². The van der Waals surface area contributed by atoms with Crippen molar-refractivity contribution in [3.05, 3.63) is 0 Å². The normalized spacial score (nSPS) is 18.3. The van der Waals surface area contributed by atoms with Gasteiger partial charge >= 0.3 is 12.1 Å². The van der Waals surface area contributed by atoms with Crippen LogP contribution in [0.4, 0.5) is 13.2 Å². The van der Waals surface area contributed by atoms with Gasteiger partial charge in [0.05, 0.1) is 0 Å². The van der Waals surface area contributed by atoms with E-state index in [1.54, 1.807) is 0 Å². The van der Waals surface area contributed by atoms with Crippen LogP contribution in [0, 0.1) is 5.92 Å². The Kier molecular flexibility index (Phi) is 8.22. The van der Waals surface area contributed by atoms with Gasteiger partial charge in [-0.3, -0.25) is 5.84 Å². The molecule has 0 amide bonds. The van der Waals surface area contributed by atoms with Crippen molar-refractivity contribution in [3.63, 3.8) is 0 Å². The first-order valence-corrected chi connectivity index (χ1v) is 10.5. The molecule has 138 valence electrons. The van der Waals surface area contributed by atoms with Crippen LogP contribution in [0.1, 0.15) is 33.6 Å². The number of aliphatic carboxylic acids is 1. The second kappa shape index (κ2) is 8.45. The molecule has 0 saturated carbocycles. The summed E-state index contributed by atoms with van der Waals surface area (Å²) in [5, 5.41) is 9.37. The highest BCUT2D eigenvalue weighted by atomic mass is 28.4. The number of hydrogen-bond donors (Lipinski definition) is 2. The molecular weight excluding hydrogens is 329 g/mol. The van der Waals surface area contributed by atoms with Crippen molar-refractivity contribution >= 4 is 14.3 Å². The highest BCUT2D eigenvalue weighted by molar-refractivity contribution is 6.74. The number of hydrogen-bond acceptors (Lipinski definition) is 4. The zero-order valence-electron chi connectivity index (χ0n) is 14.5. The third kappa shape index (κ3) is 8.68. The number of halogens is 3. The number of piperidine rings is 1. The molecule has 0 aromatic rings. The van der Waals surface area contributed by atoms with E-state index in [1.807, 2.05) is 5.01 Å². The van der Waals surface area contributed by atoms with E-state index in [0.29, 0.717) is 11.0 Å². The highest BCUT2D eigenvalue weighted by Crippen LogP contribution is 2.37. The molecule has 1 heterocycles. The van der Waals surface area contributed by atoms with E-state index < -0.39 is 20.5 Å². The van der Waals surface area contributed by atoms with Crippen LogP contribution in [0.25, 0.3) is 0 Å². The fourth-order valence-corrected chi connectivity index (χ4v) is 2.75. The molecule has 23 heavy (non-hydrogen) atoms. The number of nitrogens with two attached hydrogens (primary N) is 1. The molecule has 1 rings (SSSR count). The molecule has 5 nitrogen and oxygen atoms in total. The SMILES string of the molecule is CC(C)(C)[Si](C)(C)OCC1CCN(N)CC1.O=C(O)C(F)(F)F. The number of nitrogens with zero attached hydrogens (tertiary/aromatic N) is 1. The Balaban J connectivity index is 0.000000585. The molecule has 1 aliphatic heterocycles. The largest absolute Gasteiger partial charge is 0.490 e. The summed E-state index contributed by atoms with van der Waals surface area (Å²) in [4.78, 5) is 8.90. The lowest BCUT2D eigenvalue weighted by Gasteiger charge is -2.38. The lowest BCUT2D eigenvalue weighted by Crippen LogP contribution is -2.44. The van der Waals surface area contributed by atoms with Crippen molar-refractivity contribution in [2.45, 2.75) is 57.9 Å². The van der Waals surface area contributed by atoms with Crippen molar-refractivity contribution in [2.75, 3.05) is 19.7 Å². The van der Waals surface area contributed by atoms with Gasteiger partial charge in [-0.05, 0) is 36.9 Å². The van der Waals surface area contributed by atoms with Crippen LogP contribution in [0.2, 0.25) is 18.1 Å². The average molecular weight is 358 g/mol. The van der Waals surface area contributed by atoms with Crippen LogP contribution < -0.4 is 5.84 Å².